The number of nitrogens with zero attached hydrogens (tertiary/aromatic N) is 3. The number of rotatable bonds is 5. The SMILES string of the molecule is C[C@@H](O)C1C(=O)N2C(C(=O)[O-])=C(CSc3nncs3)S[C@H]12.[Na+]. The van der Waals surface area contributed by atoms with Gasteiger partial charge < -0.3 is 15.0 Å². The van der Waals surface area contributed by atoms with Gasteiger partial charge in [-0.3, -0.25) is 9.69 Å². The molecule has 0 spiro atoms. The van der Waals surface area contributed by atoms with Crippen molar-refractivity contribution >= 4 is 46.7 Å². The number of β-lactam (4-membered cyclic amide) rings is 1. The van der Waals surface area contributed by atoms with Crippen LogP contribution < -0.4 is 34.7 Å². The van der Waals surface area contributed by atoms with Crippen LogP contribution in [-0.2, 0) is 9.59 Å². The number of aliphatic hydroxyl groups is 1. The quantitative estimate of drug-likeness (QED) is 0.325. The molecule has 1 N–H and O–H groups in total. The van der Waals surface area contributed by atoms with Gasteiger partial charge in [0.2, 0.25) is 5.91 Å². The van der Waals surface area contributed by atoms with Crippen LogP contribution in [0.25, 0.3) is 0 Å². The molecule has 1 saturated heterocycles. The molecule has 2 aliphatic rings. The predicted octanol–water partition coefficient (Wildman–Crippen LogP) is -3.49. The zero-order chi connectivity index (χ0) is 15.1. The van der Waals surface area contributed by atoms with E-state index >= 15 is 0 Å². The Labute approximate surface area is 160 Å². The minimum Gasteiger partial charge on any atom is -0.543 e. The number of carbonyl (C=O) groups excluding carboxylic acids is 2. The second kappa shape index (κ2) is 7.20. The molecule has 1 unspecified atom stereocenters. The Morgan fingerprint density at radius 2 is 2.36 bits per heavy atom. The number of hydrogen-bond acceptors (Lipinski definition) is 9. The predicted molar refractivity (Wildman–Crippen MR) is 76.1 cm³/mol. The fourth-order valence-corrected chi connectivity index (χ4v) is 5.49. The number of hydrogen-bond donors (Lipinski definition) is 1. The molecule has 0 radical (unpaired) electrons. The fourth-order valence-electron chi connectivity index (χ4n) is 2.30. The molecular formula is C11H10N3NaO4S3. The van der Waals surface area contributed by atoms with E-state index in [1.54, 1.807) is 5.51 Å². The monoisotopic (exact) mass is 367 g/mol. The van der Waals surface area contributed by atoms with Crippen molar-refractivity contribution in [3.63, 3.8) is 0 Å². The van der Waals surface area contributed by atoms with Gasteiger partial charge in [-0.2, -0.15) is 0 Å². The van der Waals surface area contributed by atoms with Gasteiger partial charge in [-0.1, -0.05) is 23.1 Å². The molecule has 0 aromatic carbocycles. The molecule has 0 bridgehead atoms. The molecule has 22 heavy (non-hydrogen) atoms. The second-order valence-corrected chi connectivity index (χ2v) is 7.80. The van der Waals surface area contributed by atoms with Crippen molar-refractivity contribution in [3.8, 4) is 0 Å². The molecule has 0 saturated carbocycles. The van der Waals surface area contributed by atoms with Crippen LogP contribution in [0.4, 0.5) is 0 Å². The largest absolute Gasteiger partial charge is 1.00 e. The van der Waals surface area contributed by atoms with Gasteiger partial charge in [0.1, 0.15) is 10.9 Å². The smallest absolute Gasteiger partial charge is 0.543 e. The Bertz CT molecular complexity index is 622. The summed E-state index contributed by atoms with van der Waals surface area (Å²) in [5.74, 6) is -1.91. The van der Waals surface area contributed by atoms with E-state index in [9.17, 15) is 19.8 Å². The van der Waals surface area contributed by atoms with Gasteiger partial charge in [0.15, 0.2) is 4.34 Å². The summed E-state index contributed by atoms with van der Waals surface area (Å²) in [4.78, 5) is 25.1. The van der Waals surface area contributed by atoms with Gasteiger partial charge in [0.25, 0.3) is 0 Å². The van der Waals surface area contributed by atoms with E-state index in [2.05, 4.69) is 10.2 Å². The Morgan fingerprint density at radius 1 is 1.64 bits per heavy atom. The molecule has 1 aromatic heterocycles. The van der Waals surface area contributed by atoms with Crippen molar-refractivity contribution in [2.75, 3.05) is 5.75 Å². The van der Waals surface area contributed by atoms with Crippen LogP contribution in [0.5, 0.6) is 0 Å². The summed E-state index contributed by atoms with van der Waals surface area (Å²) in [5, 5.41) is 28.2. The van der Waals surface area contributed by atoms with Crippen LogP contribution in [0.2, 0.25) is 0 Å². The van der Waals surface area contributed by atoms with Gasteiger partial charge in [0, 0.05) is 10.7 Å². The first-order valence-electron chi connectivity index (χ1n) is 6.02. The Balaban J connectivity index is 0.00000176. The number of aliphatic hydroxyl groups excluding tert-OH is 1. The zero-order valence-corrected chi connectivity index (χ0v) is 16.2. The maximum absolute atomic E-state index is 12.0. The van der Waals surface area contributed by atoms with Crippen molar-refractivity contribution in [3.05, 3.63) is 16.1 Å². The van der Waals surface area contributed by atoms with Gasteiger partial charge in [-0.15, -0.1) is 22.0 Å². The van der Waals surface area contributed by atoms with Crippen molar-refractivity contribution in [2.45, 2.75) is 22.7 Å². The van der Waals surface area contributed by atoms with Crippen molar-refractivity contribution < 1.29 is 49.4 Å². The van der Waals surface area contributed by atoms with Gasteiger partial charge in [-0.05, 0) is 6.92 Å². The van der Waals surface area contributed by atoms with Crippen molar-refractivity contribution in [1.29, 1.82) is 0 Å². The van der Waals surface area contributed by atoms with Crippen LogP contribution in [0, 0.1) is 5.92 Å². The van der Waals surface area contributed by atoms with E-state index in [1.807, 2.05) is 0 Å². The normalized spacial score (nSPS) is 24.6. The summed E-state index contributed by atoms with van der Waals surface area (Å²) in [6.07, 6.45) is -0.801. The Morgan fingerprint density at radius 3 is 2.91 bits per heavy atom. The third-order valence-corrected chi connectivity index (χ3v) is 6.67. The molecule has 2 aliphatic heterocycles. The minimum absolute atomic E-state index is 0. The van der Waals surface area contributed by atoms with Crippen LogP contribution in [-0.4, -0.2) is 49.3 Å². The fraction of sp³-hybridized carbons (Fsp3) is 0.455. The topological polar surface area (TPSA) is 106 Å². The van der Waals surface area contributed by atoms with Gasteiger partial charge in [0.05, 0.1) is 23.7 Å². The number of carboxylic acid groups (broad SMARTS) is 1. The average molecular weight is 367 g/mol. The van der Waals surface area contributed by atoms with E-state index in [0.717, 1.165) is 4.34 Å². The molecule has 3 heterocycles. The third kappa shape index (κ3) is 3.10. The summed E-state index contributed by atoms with van der Waals surface area (Å²) in [7, 11) is 0. The molecule has 3 rings (SSSR count). The Kier molecular flexibility index (Phi) is 5.97. The standard InChI is InChI=1S/C11H11N3O4S3.Na/c1-4(15)6-8(16)14-7(10(17)18)5(21-9(6)14)2-19-11-13-12-3-20-11;/h3-4,6,9,15H,2H2,1H3,(H,17,18);/q;+1/p-1/t4-,6?,9-;/m1./s1. The molecule has 3 atom stereocenters. The number of amides is 1. The van der Waals surface area contributed by atoms with Crippen LogP contribution >= 0.6 is 34.9 Å². The number of aliphatic carboxylic acids is 1. The third-order valence-electron chi connectivity index (χ3n) is 3.23. The molecule has 112 valence electrons. The minimum atomic E-state index is -1.37. The number of aromatic nitrogens is 2. The number of carbonyl (C=O) groups is 2. The molecule has 7 nitrogen and oxygen atoms in total. The summed E-state index contributed by atoms with van der Waals surface area (Å²) >= 11 is 4.03. The maximum Gasteiger partial charge on any atom is 1.00 e. The summed E-state index contributed by atoms with van der Waals surface area (Å²) in [6.45, 7) is 1.53. The Hall–Kier alpha value is -0.1000. The summed E-state index contributed by atoms with van der Waals surface area (Å²) < 4.78 is 0.730. The van der Waals surface area contributed by atoms with Crippen molar-refractivity contribution in [1.82, 2.24) is 15.1 Å². The van der Waals surface area contributed by atoms with E-state index < -0.39 is 18.0 Å². The molecule has 1 fully saturated rings. The first kappa shape index (κ1) is 18.2. The maximum atomic E-state index is 12.0. The van der Waals surface area contributed by atoms with Crippen LogP contribution in [0.15, 0.2) is 20.5 Å². The van der Waals surface area contributed by atoms with E-state index in [4.69, 9.17) is 0 Å². The second-order valence-electron chi connectivity index (χ2n) is 4.54. The summed E-state index contributed by atoms with van der Waals surface area (Å²) in [5.41, 5.74) is 1.52. The summed E-state index contributed by atoms with van der Waals surface area (Å²) in [6, 6.07) is 0. The first-order valence-corrected chi connectivity index (χ1v) is 8.76. The van der Waals surface area contributed by atoms with Crippen LogP contribution in [0.3, 0.4) is 0 Å². The number of carboxylic acids is 1. The number of thioether (sulfide) groups is 2. The molecule has 1 amide bonds. The van der Waals surface area contributed by atoms with E-state index in [0.29, 0.717) is 10.7 Å². The van der Waals surface area contributed by atoms with E-state index in [1.165, 1.54) is 46.7 Å². The van der Waals surface area contributed by atoms with Crippen LogP contribution in [0.1, 0.15) is 6.92 Å². The van der Waals surface area contributed by atoms with E-state index in [-0.39, 0.29) is 46.5 Å². The van der Waals surface area contributed by atoms with Crippen molar-refractivity contribution in [2.24, 2.45) is 5.92 Å². The molecule has 0 aliphatic carbocycles. The molecule has 1 aromatic rings. The average Bonchev–Trinajstić information content (AvgIpc) is 3.01. The molecular weight excluding hydrogens is 357 g/mol. The molecule has 11 heteroatoms. The van der Waals surface area contributed by atoms with Gasteiger partial charge >= 0.3 is 29.6 Å². The van der Waals surface area contributed by atoms with Gasteiger partial charge in [-0.25, -0.2) is 0 Å². The number of fused-ring (bicyclic) bond motifs is 1. The zero-order valence-electron chi connectivity index (χ0n) is 11.8. The first-order chi connectivity index (χ1) is 10.0.